The summed E-state index contributed by atoms with van der Waals surface area (Å²) in [5.74, 6) is -0.00620. The first-order chi connectivity index (χ1) is 14.1. The van der Waals surface area contributed by atoms with E-state index in [1.165, 1.54) is 11.8 Å². The van der Waals surface area contributed by atoms with Gasteiger partial charge in [-0.15, -0.1) is 0 Å². The molecule has 0 aliphatic carbocycles. The van der Waals surface area contributed by atoms with Gasteiger partial charge in [0.25, 0.3) is 5.56 Å². The van der Waals surface area contributed by atoms with E-state index in [4.69, 9.17) is 4.74 Å². The monoisotopic (exact) mass is 410 g/mol. The lowest BCUT2D eigenvalue weighted by Gasteiger charge is -2.16. The molecule has 1 aliphatic rings. The zero-order valence-electron chi connectivity index (χ0n) is 16.1. The number of hydrogen-bond donors (Lipinski definition) is 1. The summed E-state index contributed by atoms with van der Waals surface area (Å²) in [7, 11) is 0. The third-order valence-electron chi connectivity index (χ3n) is 4.86. The van der Waals surface area contributed by atoms with Crippen molar-refractivity contribution in [1.29, 1.82) is 0 Å². The van der Waals surface area contributed by atoms with Gasteiger partial charge in [-0.1, -0.05) is 30.0 Å². The highest BCUT2D eigenvalue weighted by molar-refractivity contribution is 7.99. The van der Waals surface area contributed by atoms with Crippen LogP contribution in [0, 0.1) is 6.92 Å². The molecule has 2 aromatic heterocycles. The van der Waals surface area contributed by atoms with E-state index in [1.54, 1.807) is 22.9 Å². The number of para-hydroxylation sites is 1. The van der Waals surface area contributed by atoms with Gasteiger partial charge < -0.3 is 10.1 Å². The lowest BCUT2D eigenvalue weighted by molar-refractivity contribution is -0.113. The van der Waals surface area contributed by atoms with Gasteiger partial charge in [0.15, 0.2) is 10.8 Å². The van der Waals surface area contributed by atoms with Crippen LogP contribution in [0.25, 0.3) is 11.0 Å². The molecular weight excluding hydrogens is 388 g/mol. The number of amides is 1. The Bertz CT molecular complexity index is 1090. The topological polar surface area (TPSA) is 86.1 Å². The predicted molar refractivity (Wildman–Crippen MR) is 113 cm³/mol. The molecule has 1 atom stereocenters. The number of nitrogens with zero attached hydrogens (tertiary/aromatic N) is 3. The average Bonchev–Trinajstić information content (AvgIpc) is 3.24. The number of nitrogens with one attached hydrogen (secondary N) is 1. The molecule has 0 radical (unpaired) electrons. The predicted octanol–water partition coefficient (Wildman–Crippen LogP) is 3.01. The third-order valence-corrected chi connectivity index (χ3v) is 5.83. The van der Waals surface area contributed by atoms with Gasteiger partial charge in [0.2, 0.25) is 5.91 Å². The minimum absolute atomic E-state index is 0.0104. The number of carbonyl (C=O) groups excluding carboxylic acids is 1. The maximum atomic E-state index is 13.0. The molecule has 0 saturated carbocycles. The number of fused-ring (bicyclic) bond motifs is 1. The van der Waals surface area contributed by atoms with Gasteiger partial charge in [-0.3, -0.25) is 14.2 Å². The Morgan fingerprint density at radius 1 is 1.31 bits per heavy atom. The molecule has 1 fully saturated rings. The summed E-state index contributed by atoms with van der Waals surface area (Å²) in [6, 6.07) is 11.1. The summed E-state index contributed by atoms with van der Waals surface area (Å²) in [5, 5.41) is 3.86. The minimum atomic E-state index is -0.152. The molecule has 150 valence electrons. The van der Waals surface area contributed by atoms with Crippen molar-refractivity contribution in [2.24, 2.45) is 0 Å². The number of ether oxygens (including phenoxy) is 1. The van der Waals surface area contributed by atoms with Gasteiger partial charge in [0, 0.05) is 18.5 Å². The smallest absolute Gasteiger partial charge is 0.263 e. The molecule has 3 aromatic rings. The van der Waals surface area contributed by atoms with Gasteiger partial charge in [0.1, 0.15) is 0 Å². The maximum Gasteiger partial charge on any atom is 0.263 e. The quantitative estimate of drug-likeness (QED) is 0.497. The zero-order valence-corrected chi connectivity index (χ0v) is 16.9. The molecule has 8 heteroatoms. The van der Waals surface area contributed by atoms with Crippen molar-refractivity contribution in [1.82, 2.24) is 14.5 Å². The summed E-state index contributed by atoms with van der Waals surface area (Å²) in [5.41, 5.74) is 2.01. The van der Waals surface area contributed by atoms with Crippen LogP contribution >= 0.6 is 11.8 Å². The van der Waals surface area contributed by atoms with Crippen molar-refractivity contribution in [2.45, 2.75) is 37.6 Å². The van der Waals surface area contributed by atoms with E-state index in [9.17, 15) is 9.59 Å². The average molecular weight is 410 g/mol. The molecule has 1 aromatic carbocycles. The van der Waals surface area contributed by atoms with Crippen molar-refractivity contribution >= 4 is 34.4 Å². The SMILES string of the molecule is Cc1ccccc1NC(=O)CSc1nc2ncccc2c(=O)n1CC1CCCO1. The highest BCUT2D eigenvalue weighted by Crippen LogP contribution is 2.21. The van der Waals surface area contributed by atoms with Gasteiger partial charge in [-0.25, -0.2) is 9.97 Å². The van der Waals surface area contributed by atoms with Crippen LogP contribution in [-0.4, -0.2) is 38.9 Å². The van der Waals surface area contributed by atoms with Crippen molar-refractivity contribution in [3.8, 4) is 0 Å². The number of anilines is 1. The largest absolute Gasteiger partial charge is 0.376 e. The molecule has 3 heterocycles. The van der Waals surface area contributed by atoms with Gasteiger partial charge >= 0.3 is 0 Å². The fourth-order valence-electron chi connectivity index (χ4n) is 3.33. The van der Waals surface area contributed by atoms with E-state index < -0.39 is 0 Å². The van der Waals surface area contributed by atoms with Gasteiger partial charge in [0.05, 0.1) is 23.8 Å². The highest BCUT2D eigenvalue weighted by Gasteiger charge is 2.21. The molecule has 1 amide bonds. The van der Waals surface area contributed by atoms with Gasteiger partial charge in [-0.2, -0.15) is 0 Å². The first-order valence-electron chi connectivity index (χ1n) is 9.57. The Balaban J connectivity index is 1.57. The van der Waals surface area contributed by atoms with E-state index >= 15 is 0 Å². The van der Waals surface area contributed by atoms with Crippen molar-refractivity contribution in [3.05, 3.63) is 58.5 Å². The Kier molecular flexibility index (Phi) is 5.92. The fourth-order valence-corrected chi connectivity index (χ4v) is 4.13. The molecule has 1 N–H and O–H groups in total. The van der Waals surface area contributed by atoms with E-state index in [2.05, 4.69) is 15.3 Å². The first-order valence-corrected chi connectivity index (χ1v) is 10.6. The highest BCUT2D eigenvalue weighted by atomic mass is 32.2. The molecule has 1 unspecified atom stereocenters. The third kappa shape index (κ3) is 4.49. The lowest BCUT2D eigenvalue weighted by Crippen LogP contribution is -2.29. The second-order valence-corrected chi connectivity index (χ2v) is 7.91. The number of carbonyl (C=O) groups is 1. The zero-order chi connectivity index (χ0) is 20.2. The van der Waals surface area contributed by atoms with Crippen LogP contribution in [0.5, 0.6) is 0 Å². The van der Waals surface area contributed by atoms with E-state index in [0.717, 1.165) is 24.1 Å². The second-order valence-electron chi connectivity index (χ2n) is 6.97. The van der Waals surface area contributed by atoms with E-state index in [0.29, 0.717) is 29.3 Å². The lowest BCUT2D eigenvalue weighted by atomic mass is 10.2. The molecule has 1 aliphatic heterocycles. The Morgan fingerprint density at radius 2 is 2.17 bits per heavy atom. The van der Waals surface area contributed by atoms with Crippen LogP contribution in [0.4, 0.5) is 5.69 Å². The maximum absolute atomic E-state index is 13.0. The Hall–Kier alpha value is -2.71. The summed E-state index contributed by atoms with van der Waals surface area (Å²) in [6.07, 6.45) is 3.50. The van der Waals surface area contributed by atoms with Gasteiger partial charge in [-0.05, 0) is 43.5 Å². The molecule has 1 saturated heterocycles. The number of benzene rings is 1. The molecule has 29 heavy (non-hydrogen) atoms. The van der Waals surface area contributed by atoms with Crippen LogP contribution in [0.3, 0.4) is 0 Å². The van der Waals surface area contributed by atoms with E-state index in [-0.39, 0.29) is 23.3 Å². The molecule has 0 spiro atoms. The summed E-state index contributed by atoms with van der Waals surface area (Å²) in [6.45, 7) is 3.08. The van der Waals surface area contributed by atoms with Crippen molar-refractivity contribution in [2.75, 3.05) is 17.7 Å². The molecule has 7 nitrogen and oxygen atoms in total. The summed E-state index contributed by atoms with van der Waals surface area (Å²) >= 11 is 1.24. The summed E-state index contributed by atoms with van der Waals surface area (Å²) < 4.78 is 7.32. The first kappa shape index (κ1) is 19.6. The van der Waals surface area contributed by atoms with Crippen molar-refractivity contribution in [3.63, 3.8) is 0 Å². The number of rotatable bonds is 6. The van der Waals surface area contributed by atoms with Crippen LogP contribution in [0.2, 0.25) is 0 Å². The standard InChI is InChI=1S/C21H22N4O3S/c1-14-6-2-3-9-17(14)23-18(26)13-29-21-24-19-16(8-4-10-22-19)20(27)25(21)12-15-7-5-11-28-15/h2-4,6,8-10,15H,5,7,11-13H2,1H3,(H,23,26). The normalized spacial score (nSPS) is 16.2. The molecule has 4 rings (SSSR count). The fraction of sp³-hybridized carbons (Fsp3) is 0.333. The van der Waals surface area contributed by atoms with Crippen molar-refractivity contribution < 1.29 is 9.53 Å². The Labute approximate surface area is 172 Å². The minimum Gasteiger partial charge on any atom is -0.376 e. The summed E-state index contributed by atoms with van der Waals surface area (Å²) in [4.78, 5) is 34.3. The Morgan fingerprint density at radius 3 is 2.97 bits per heavy atom. The molecular formula is C21H22N4O3S. The number of thioether (sulfide) groups is 1. The second kappa shape index (κ2) is 8.75. The van der Waals surface area contributed by atoms with Crippen LogP contribution in [-0.2, 0) is 16.1 Å². The number of aromatic nitrogens is 3. The van der Waals surface area contributed by atoms with Crippen LogP contribution < -0.4 is 10.9 Å². The van der Waals surface area contributed by atoms with Crippen LogP contribution in [0.15, 0.2) is 52.5 Å². The molecule has 0 bridgehead atoms. The van der Waals surface area contributed by atoms with E-state index in [1.807, 2.05) is 31.2 Å². The van der Waals surface area contributed by atoms with Crippen LogP contribution in [0.1, 0.15) is 18.4 Å². The number of hydrogen-bond acceptors (Lipinski definition) is 6. The number of aryl methyl sites for hydroxylation is 1. The number of pyridine rings is 1.